The Bertz CT molecular complexity index is 936. The number of amides is 1. The number of carboxylic acid groups (broad SMARTS) is 1. The minimum Gasteiger partial charge on any atom is -0.478 e. The van der Waals surface area contributed by atoms with E-state index in [4.69, 9.17) is 9.47 Å². The van der Waals surface area contributed by atoms with E-state index in [2.05, 4.69) is 4.98 Å². The third-order valence-electron chi connectivity index (χ3n) is 3.97. The molecule has 2 N–H and O–H groups in total. The fraction of sp³-hybridized carbons (Fsp3) is 0.294. The summed E-state index contributed by atoms with van der Waals surface area (Å²) in [7, 11) is 0. The number of nitrogens with one attached hydrogen (secondary N) is 1. The molecule has 1 fully saturated rings. The van der Waals surface area contributed by atoms with Gasteiger partial charge in [0.2, 0.25) is 11.7 Å². The molecule has 2 heterocycles. The van der Waals surface area contributed by atoms with Gasteiger partial charge in [0.1, 0.15) is 0 Å². The lowest BCUT2D eigenvalue weighted by molar-refractivity contribution is -0.177. The van der Waals surface area contributed by atoms with Crippen molar-refractivity contribution < 1.29 is 29.0 Å². The van der Waals surface area contributed by atoms with Gasteiger partial charge in [-0.1, -0.05) is 6.07 Å². The van der Waals surface area contributed by atoms with Gasteiger partial charge >= 0.3 is 11.9 Å². The summed E-state index contributed by atoms with van der Waals surface area (Å²) < 4.78 is 10.0. The van der Waals surface area contributed by atoms with Crippen molar-refractivity contribution >= 4 is 34.4 Å². The van der Waals surface area contributed by atoms with Crippen LogP contribution >= 0.6 is 0 Å². The molecule has 2 atom stereocenters. The molecule has 1 saturated heterocycles. The number of fused-ring (bicyclic) bond motifs is 1. The van der Waals surface area contributed by atoms with E-state index in [1.807, 2.05) is 0 Å². The summed E-state index contributed by atoms with van der Waals surface area (Å²) in [6.07, 6.45) is -3.19. The van der Waals surface area contributed by atoms with Gasteiger partial charge in [-0.2, -0.15) is 0 Å². The Balaban J connectivity index is 1.99. The Morgan fingerprint density at radius 2 is 2.08 bits per heavy atom. The van der Waals surface area contributed by atoms with Crippen molar-refractivity contribution in [3.63, 3.8) is 0 Å². The average Bonchev–Trinajstić information content (AvgIpc) is 2.59. The fourth-order valence-electron chi connectivity index (χ4n) is 2.89. The standard InChI is InChI=1S/C17H16N2O7/c1-9(20)26-15(17(23)24)14-16(22)19(7-8-25-14)12-4-2-3-11-10(12)5-6-13(21)18-11/h2-6,14-15H,7-8H2,1H3,(H,18,21)(H,23,24)/t14-,15-/m1/s1. The normalized spacial score (nSPS) is 18.6. The number of carbonyl (C=O) groups excluding carboxylic acids is 2. The lowest BCUT2D eigenvalue weighted by Crippen LogP contribution is -2.55. The molecule has 1 aromatic heterocycles. The molecule has 1 aliphatic rings. The average molecular weight is 360 g/mol. The molecule has 1 aliphatic heterocycles. The van der Waals surface area contributed by atoms with Gasteiger partial charge in [0.25, 0.3) is 5.91 Å². The molecule has 0 aliphatic carbocycles. The van der Waals surface area contributed by atoms with Crippen molar-refractivity contribution in [3.8, 4) is 0 Å². The molecule has 1 aromatic carbocycles. The molecule has 9 heteroatoms. The van der Waals surface area contributed by atoms with Crippen molar-refractivity contribution in [1.29, 1.82) is 0 Å². The van der Waals surface area contributed by atoms with E-state index in [1.54, 1.807) is 24.3 Å². The van der Waals surface area contributed by atoms with Gasteiger partial charge in [0.15, 0.2) is 6.10 Å². The number of anilines is 1. The molecular weight excluding hydrogens is 344 g/mol. The lowest BCUT2D eigenvalue weighted by atomic mass is 10.1. The van der Waals surface area contributed by atoms with Crippen LogP contribution in [0.4, 0.5) is 5.69 Å². The van der Waals surface area contributed by atoms with Crippen LogP contribution in [0.2, 0.25) is 0 Å². The second-order valence-corrected chi connectivity index (χ2v) is 5.71. The first-order valence-corrected chi connectivity index (χ1v) is 7.83. The zero-order valence-electron chi connectivity index (χ0n) is 13.8. The maximum atomic E-state index is 12.8. The second kappa shape index (κ2) is 6.96. The Morgan fingerprint density at radius 1 is 1.31 bits per heavy atom. The molecule has 0 radical (unpaired) electrons. The van der Waals surface area contributed by atoms with Crippen LogP contribution in [0, 0.1) is 0 Å². The minimum atomic E-state index is -1.74. The number of rotatable bonds is 4. The summed E-state index contributed by atoms with van der Waals surface area (Å²) in [6.45, 7) is 1.32. The number of aliphatic carboxylic acids is 1. The first kappa shape index (κ1) is 17.6. The summed E-state index contributed by atoms with van der Waals surface area (Å²) in [6, 6.07) is 7.98. The maximum Gasteiger partial charge on any atom is 0.348 e. The molecule has 3 rings (SSSR count). The molecule has 26 heavy (non-hydrogen) atoms. The van der Waals surface area contributed by atoms with E-state index in [9.17, 15) is 24.3 Å². The Labute approximate surface area is 147 Å². The van der Waals surface area contributed by atoms with E-state index < -0.39 is 30.1 Å². The molecule has 1 amide bonds. The summed E-state index contributed by atoms with van der Waals surface area (Å²) in [5, 5.41) is 9.91. The topological polar surface area (TPSA) is 126 Å². The molecule has 0 saturated carbocycles. The number of hydrogen-bond donors (Lipinski definition) is 2. The van der Waals surface area contributed by atoms with Crippen LogP contribution in [0.25, 0.3) is 10.9 Å². The molecule has 0 spiro atoms. The third kappa shape index (κ3) is 3.29. The van der Waals surface area contributed by atoms with Gasteiger partial charge in [-0.3, -0.25) is 14.4 Å². The number of esters is 1. The van der Waals surface area contributed by atoms with Gasteiger partial charge in [-0.05, 0) is 18.2 Å². The van der Waals surface area contributed by atoms with Gasteiger partial charge in [-0.25, -0.2) is 4.79 Å². The summed E-state index contributed by atoms with van der Waals surface area (Å²) >= 11 is 0. The van der Waals surface area contributed by atoms with Crippen LogP contribution in [0.1, 0.15) is 6.92 Å². The van der Waals surface area contributed by atoms with E-state index in [0.29, 0.717) is 16.6 Å². The predicted octanol–water partition coefficient (Wildman–Crippen LogP) is 0.276. The Hall–Kier alpha value is -3.20. The number of nitrogens with zero attached hydrogens (tertiary/aromatic N) is 1. The number of hydrogen-bond acceptors (Lipinski definition) is 6. The molecule has 2 aromatic rings. The van der Waals surface area contributed by atoms with E-state index in [-0.39, 0.29) is 18.7 Å². The van der Waals surface area contributed by atoms with Crippen molar-refractivity contribution in [2.24, 2.45) is 0 Å². The largest absolute Gasteiger partial charge is 0.478 e. The monoisotopic (exact) mass is 360 g/mol. The Morgan fingerprint density at radius 3 is 2.77 bits per heavy atom. The highest BCUT2D eigenvalue weighted by Gasteiger charge is 2.42. The highest BCUT2D eigenvalue weighted by atomic mass is 16.6. The van der Waals surface area contributed by atoms with Crippen LogP contribution in [0.15, 0.2) is 35.1 Å². The van der Waals surface area contributed by atoms with Crippen LogP contribution < -0.4 is 10.5 Å². The van der Waals surface area contributed by atoms with Gasteiger partial charge in [-0.15, -0.1) is 0 Å². The number of aromatic amines is 1. The quantitative estimate of drug-likeness (QED) is 0.750. The maximum absolute atomic E-state index is 12.8. The number of aromatic nitrogens is 1. The number of morpholine rings is 1. The third-order valence-corrected chi connectivity index (χ3v) is 3.97. The fourth-order valence-corrected chi connectivity index (χ4v) is 2.89. The van der Waals surface area contributed by atoms with Crippen molar-refractivity contribution in [3.05, 3.63) is 40.7 Å². The van der Waals surface area contributed by atoms with Crippen LogP contribution in [0.3, 0.4) is 0 Å². The lowest BCUT2D eigenvalue weighted by Gasteiger charge is -2.34. The van der Waals surface area contributed by atoms with E-state index in [0.717, 1.165) is 6.92 Å². The van der Waals surface area contributed by atoms with Crippen molar-refractivity contribution in [2.75, 3.05) is 18.1 Å². The van der Waals surface area contributed by atoms with Crippen LogP contribution in [-0.4, -0.2) is 53.3 Å². The summed E-state index contributed by atoms with van der Waals surface area (Å²) in [5.74, 6) is -2.93. The molecular formula is C17H16N2O7. The number of benzene rings is 1. The molecule has 136 valence electrons. The van der Waals surface area contributed by atoms with Gasteiger partial charge in [0.05, 0.1) is 17.8 Å². The number of carboxylic acids is 1. The van der Waals surface area contributed by atoms with Crippen molar-refractivity contribution in [2.45, 2.75) is 19.1 Å². The zero-order chi connectivity index (χ0) is 18.8. The first-order valence-electron chi connectivity index (χ1n) is 7.83. The molecule has 0 unspecified atom stereocenters. The smallest absolute Gasteiger partial charge is 0.348 e. The molecule has 0 bridgehead atoms. The van der Waals surface area contributed by atoms with Crippen molar-refractivity contribution in [1.82, 2.24) is 4.98 Å². The predicted molar refractivity (Wildman–Crippen MR) is 89.9 cm³/mol. The highest BCUT2D eigenvalue weighted by molar-refractivity contribution is 6.06. The first-order chi connectivity index (χ1) is 12.4. The van der Waals surface area contributed by atoms with Gasteiger partial charge in [0, 0.05) is 24.9 Å². The zero-order valence-corrected chi connectivity index (χ0v) is 13.8. The second-order valence-electron chi connectivity index (χ2n) is 5.71. The number of pyridine rings is 1. The van der Waals surface area contributed by atoms with E-state index >= 15 is 0 Å². The Kier molecular flexibility index (Phi) is 4.72. The minimum absolute atomic E-state index is 0.0706. The van der Waals surface area contributed by atoms with Crippen LogP contribution in [-0.2, 0) is 23.9 Å². The number of H-pyrrole nitrogens is 1. The van der Waals surface area contributed by atoms with Gasteiger partial charge < -0.3 is 24.5 Å². The molecule has 9 nitrogen and oxygen atoms in total. The number of carbonyl (C=O) groups is 3. The summed E-state index contributed by atoms with van der Waals surface area (Å²) in [4.78, 5) is 50.9. The number of ether oxygens (including phenoxy) is 2. The summed E-state index contributed by atoms with van der Waals surface area (Å²) in [5.41, 5.74) is 0.770. The van der Waals surface area contributed by atoms with E-state index in [1.165, 1.54) is 11.0 Å². The van der Waals surface area contributed by atoms with Crippen LogP contribution in [0.5, 0.6) is 0 Å². The SMILES string of the molecule is CC(=O)O[C@@H](C(=O)O)[C@H]1OCCN(c2cccc3[nH]c(=O)ccc23)C1=O. The highest BCUT2D eigenvalue weighted by Crippen LogP contribution is 2.28.